The maximum atomic E-state index is 10.6. The van der Waals surface area contributed by atoms with Crippen molar-refractivity contribution in [3.05, 3.63) is 12.4 Å². The summed E-state index contributed by atoms with van der Waals surface area (Å²) < 4.78 is 0. The van der Waals surface area contributed by atoms with Gasteiger partial charge in [0.2, 0.25) is 5.91 Å². The van der Waals surface area contributed by atoms with Gasteiger partial charge in [-0.05, 0) is 6.92 Å². The zero-order valence-corrected chi connectivity index (χ0v) is 8.97. The fourth-order valence-electron chi connectivity index (χ4n) is 1.02. The van der Waals surface area contributed by atoms with Gasteiger partial charge in [0, 0.05) is 6.54 Å². The van der Waals surface area contributed by atoms with Gasteiger partial charge in [-0.3, -0.25) is 9.78 Å². The Morgan fingerprint density at radius 2 is 2.12 bits per heavy atom. The van der Waals surface area contributed by atoms with Gasteiger partial charge in [-0.15, -0.1) is 0 Å². The molecule has 0 bridgehead atoms. The van der Waals surface area contributed by atoms with E-state index in [1.807, 2.05) is 6.92 Å². The summed E-state index contributed by atoms with van der Waals surface area (Å²) in [7, 11) is 0. The Balaban J connectivity index is 2.53. The van der Waals surface area contributed by atoms with E-state index in [1.54, 1.807) is 6.20 Å². The molecule has 7 nitrogen and oxygen atoms in total. The van der Waals surface area contributed by atoms with Crippen LogP contribution in [0.1, 0.15) is 6.92 Å². The van der Waals surface area contributed by atoms with Gasteiger partial charge < -0.3 is 21.5 Å². The van der Waals surface area contributed by atoms with E-state index >= 15 is 0 Å². The van der Waals surface area contributed by atoms with Crippen LogP contribution >= 0.6 is 0 Å². The van der Waals surface area contributed by atoms with Gasteiger partial charge in [0.05, 0.1) is 18.9 Å². The predicted molar refractivity (Wildman–Crippen MR) is 59.9 cm³/mol. The summed E-state index contributed by atoms with van der Waals surface area (Å²) in [6, 6.07) is 0. The lowest BCUT2D eigenvalue weighted by Crippen LogP contribution is -2.34. The number of anilines is 2. The summed E-state index contributed by atoms with van der Waals surface area (Å²) in [4.78, 5) is 18.7. The molecule has 7 heteroatoms. The number of aliphatic hydroxyl groups is 1. The molecule has 1 aromatic rings. The predicted octanol–water partition coefficient (Wildman–Crippen LogP) is -0.833. The van der Waals surface area contributed by atoms with Crippen LogP contribution in [0.25, 0.3) is 0 Å². The van der Waals surface area contributed by atoms with Crippen LogP contribution in [0, 0.1) is 0 Å². The molecule has 0 fully saturated rings. The largest absolute Gasteiger partial charge is 0.381 e. The van der Waals surface area contributed by atoms with E-state index in [0.29, 0.717) is 11.6 Å². The van der Waals surface area contributed by atoms with E-state index in [9.17, 15) is 4.79 Å². The zero-order valence-electron chi connectivity index (χ0n) is 8.97. The second-order valence-corrected chi connectivity index (χ2v) is 3.12. The molecule has 0 aliphatic rings. The van der Waals surface area contributed by atoms with Crippen molar-refractivity contribution < 1.29 is 9.90 Å². The first-order valence-electron chi connectivity index (χ1n) is 4.90. The van der Waals surface area contributed by atoms with Crippen molar-refractivity contribution in [1.82, 2.24) is 9.97 Å². The van der Waals surface area contributed by atoms with E-state index in [4.69, 9.17) is 10.8 Å². The molecule has 0 saturated heterocycles. The Morgan fingerprint density at radius 3 is 2.69 bits per heavy atom. The number of nitrogens with zero attached hydrogens (tertiary/aromatic N) is 2. The summed E-state index contributed by atoms with van der Waals surface area (Å²) >= 11 is 0. The number of amides is 1. The number of hydrogen-bond donors (Lipinski definition) is 4. The average Bonchev–Trinajstić information content (AvgIpc) is 2.26. The Morgan fingerprint density at radius 1 is 1.50 bits per heavy atom. The summed E-state index contributed by atoms with van der Waals surface area (Å²) in [5, 5.41) is 14.9. The molecule has 1 aromatic heterocycles. The fourth-order valence-corrected chi connectivity index (χ4v) is 1.02. The lowest BCUT2D eigenvalue weighted by Gasteiger charge is -2.09. The van der Waals surface area contributed by atoms with Gasteiger partial charge in [-0.1, -0.05) is 0 Å². The molecule has 0 spiro atoms. The number of hydrogen-bond acceptors (Lipinski definition) is 6. The van der Waals surface area contributed by atoms with Crippen LogP contribution in [0.15, 0.2) is 12.4 Å². The SMILES string of the molecule is CCNc1cncc(NCC(O)C(N)=O)n1. The minimum atomic E-state index is -1.23. The molecule has 16 heavy (non-hydrogen) atoms. The number of nitrogens with one attached hydrogen (secondary N) is 2. The van der Waals surface area contributed by atoms with Gasteiger partial charge >= 0.3 is 0 Å². The Hall–Kier alpha value is -1.89. The normalized spacial score (nSPS) is 11.9. The lowest BCUT2D eigenvalue weighted by molar-refractivity contribution is -0.125. The number of aliphatic hydroxyl groups excluding tert-OH is 1. The van der Waals surface area contributed by atoms with E-state index < -0.39 is 12.0 Å². The molecule has 0 radical (unpaired) electrons. The third-order valence-corrected chi connectivity index (χ3v) is 1.80. The first-order valence-corrected chi connectivity index (χ1v) is 4.90. The van der Waals surface area contributed by atoms with E-state index in [-0.39, 0.29) is 6.54 Å². The second-order valence-electron chi connectivity index (χ2n) is 3.12. The Bertz CT molecular complexity index is 358. The Kier molecular flexibility index (Phi) is 4.46. The van der Waals surface area contributed by atoms with Crippen molar-refractivity contribution in [1.29, 1.82) is 0 Å². The molecule has 0 saturated carbocycles. The summed E-state index contributed by atoms with van der Waals surface area (Å²) in [6.07, 6.45) is 1.85. The molecule has 1 atom stereocenters. The van der Waals surface area contributed by atoms with E-state index in [0.717, 1.165) is 6.54 Å². The van der Waals surface area contributed by atoms with Crippen LogP contribution < -0.4 is 16.4 Å². The number of primary amides is 1. The quantitative estimate of drug-likeness (QED) is 0.502. The van der Waals surface area contributed by atoms with Crippen molar-refractivity contribution in [2.24, 2.45) is 5.73 Å². The zero-order chi connectivity index (χ0) is 12.0. The second kappa shape index (κ2) is 5.86. The van der Waals surface area contributed by atoms with Crippen LogP contribution in [0.4, 0.5) is 11.6 Å². The van der Waals surface area contributed by atoms with Crippen LogP contribution in [0.3, 0.4) is 0 Å². The van der Waals surface area contributed by atoms with Crippen molar-refractivity contribution >= 4 is 17.5 Å². The topological polar surface area (TPSA) is 113 Å². The molecule has 88 valence electrons. The smallest absolute Gasteiger partial charge is 0.248 e. The van der Waals surface area contributed by atoms with Crippen LogP contribution in [-0.2, 0) is 4.79 Å². The van der Waals surface area contributed by atoms with Gasteiger partial charge in [0.15, 0.2) is 0 Å². The summed E-state index contributed by atoms with van der Waals surface area (Å²) in [5.74, 6) is 0.322. The standard InChI is InChI=1S/C9H15N5O2/c1-2-12-7-4-11-5-8(14-7)13-3-6(15)9(10)16/h4-6,15H,2-3H2,1H3,(H2,10,16)(H2,12,13,14). The number of rotatable bonds is 6. The Labute approximate surface area is 93.1 Å². The summed E-state index contributed by atoms with van der Waals surface area (Å²) in [6.45, 7) is 2.69. The third-order valence-electron chi connectivity index (χ3n) is 1.80. The minimum Gasteiger partial charge on any atom is -0.381 e. The first-order chi connectivity index (χ1) is 7.63. The monoisotopic (exact) mass is 225 g/mol. The average molecular weight is 225 g/mol. The fraction of sp³-hybridized carbons (Fsp3) is 0.444. The van der Waals surface area contributed by atoms with Crippen molar-refractivity contribution in [2.75, 3.05) is 23.7 Å². The molecular weight excluding hydrogens is 210 g/mol. The molecular formula is C9H15N5O2. The molecule has 5 N–H and O–H groups in total. The summed E-state index contributed by atoms with van der Waals surface area (Å²) in [5.41, 5.74) is 4.90. The minimum absolute atomic E-state index is 0.0135. The molecule has 1 heterocycles. The highest BCUT2D eigenvalue weighted by molar-refractivity contribution is 5.79. The van der Waals surface area contributed by atoms with Gasteiger partial charge in [-0.2, -0.15) is 0 Å². The van der Waals surface area contributed by atoms with Crippen molar-refractivity contribution in [2.45, 2.75) is 13.0 Å². The number of nitrogens with two attached hydrogens (primary N) is 1. The van der Waals surface area contributed by atoms with Gasteiger partial charge in [0.25, 0.3) is 0 Å². The molecule has 1 amide bonds. The maximum absolute atomic E-state index is 10.6. The molecule has 1 unspecified atom stereocenters. The first kappa shape index (κ1) is 12.2. The highest BCUT2D eigenvalue weighted by Crippen LogP contribution is 2.05. The lowest BCUT2D eigenvalue weighted by atomic mass is 10.3. The third kappa shape index (κ3) is 3.70. The van der Waals surface area contributed by atoms with Crippen molar-refractivity contribution in [3.8, 4) is 0 Å². The van der Waals surface area contributed by atoms with Crippen LogP contribution in [0.2, 0.25) is 0 Å². The number of carbonyl (C=O) groups is 1. The molecule has 0 aliphatic carbocycles. The maximum Gasteiger partial charge on any atom is 0.248 e. The highest BCUT2D eigenvalue weighted by atomic mass is 16.3. The molecule has 1 rings (SSSR count). The van der Waals surface area contributed by atoms with Crippen LogP contribution in [-0.4, -0.2) is 40.2 Å². The highest BCUT2D eigenvalue weighted by Gasteiger charge is 2.10. The molecule has 0 aromatic carbocycles. The van der Waals surface area contributed by atoms with Gasteiger partial charge in [0.1, 0.15) is 17.7 Å². The molecule has 0 aliphatic heterocycles. The van der Waals surface area contributed by atoms with Crippen LogP contribution in [0.5, 0.6) is 0 Å². The van der Waals surface area contributed by atoms with Gasteiger partial charge in [-0.25, -0.2) is 4.98 Å². The van der Waals surface area contributed by atoms with Crippen molar-refractivity contribution in [3.63, 3.8) is 0 Å². The number of carbonyl (C=O) groups excluding carboxylic acids is 1. The van der Waals surface area contributed by atoms with E-state index in [2.05, 4.69) is 20.6 Å². The van der Waals surface area contributed by atoms with E-state index in [1.165, 1.54) is 6.20 Å². The number of aromatic nitrogens is 2.